The standard InChI is InChI=1S/C14H20ClNO2/c1-10(2)6-13(17)9-16-14(18)8-11-4-3-5-12(15)7-11/h3-5,7,10,13,17H,6,8-9H2,1-2H3,(H,16,18). The van der Waals surface area contributed by atoms with Crippen molar-refractivity contribution in [1.82, 2.24) is 5.32 Å². The van der Waals surface area contributed by atoms with Crippen LogP contribution in [0.3, 0.4) is 0 Å². The molecule has 1 rings (SSSR count). The third-order valence-electron chi connectivity index (χ3n) is 2.53. The molecule has 0 aliphatic heterocycles. The van der Waals surface area contributed by atoms with E-state index >= 15 is 0 Å². The second kappa shape index (κ2) is 7.39. The highest BCUT2D eigenvalue weighted by Gasteiger charge is 2.09. The van der Waals surface area contributed by atoms with Crippen LogP contribution < -0.4 is 5.32 Å². The van der Waals surface area contributed by atoms with Crippen molar-refractivity contribution in [2.75, 3.05) is 6.54 Å². The van der Waals surface area contributed by atoms with E-state index in [4.69, 9.17) is 11.6 Å². The Morgan fingerprint density at radius 2 is 2.17 bits per heavy atom. The van der Waals surface area contributed by atoms with Gasteiger partial charge in [0.1, 0.15) is 0 Å². The van der Waals surface area contributed by atoms with Crippen LogP contribution in [0.4, 0.5) is 0 Å². The van der Waals surface area contributed by atoms with Gasteiger partial charge in [0, 0.05) is 11.6 Å². The molecule has 1 unspecified atom stereocenters. The van der Waals surface area contributed by atoms with Gasteiger partial charge in [0.15, 0.2) is 0 Å². The van der Waals surface area contributed by atoms with Crippen LogP contribution in [-0.4, -0.2) is 23.7 Å². The molecule has 1 amide bonds. The van der Waals surface area contributed by atoms with Crippen molar-refractivity contribution in [2.24, 2.45) is 5.92 Å². The van der Waals surface area contributed by atoms with Crippen LogP contribution in [0.2, 0.25) is 5.02 Å². The van der Waals surface area contributed by atoms with Crippen molar-refractivity contribution in [2.45, 2.75) is 32.8 Å². The lowest BCUT2D eigenvalue weighted by molar-refractivity contribution is -0.120. The van der Waals surface area contributed by atoms with Crippen LogP contribution in [0.25, 0.3) is 0 Å². The summed E-state index contributed by atoms with van der Waals surface area (Å²) in [5.74, 6) is 0.324. The summed E-state index contributed by atoms with van der Waals surface area (Å²) in [6.07, 6.45) is 0.500. The molecule has 0 saturated carbocycles. The zero-order chi connectivity index (χ0) is 13.5. The Balaban J connectivity index is 2.34. The van der Waals surface area contributed by atoms with Gasteiger partial charge in [-0.05, 0) is 30.0 Å². The van der Waals surface area contributed by atoms with Gasteiger partial charge < -0.3 is 10.4 Å². The van der Waals surface area contributed by atoms with Gasteiger partial charge in [-0.1, -0.05) is 37.6 Å². The van der Waals surface area contributed by atoms with E-state index in [9.17, 15) is 9.90 Å². The highest BCUT2D eigenvalue weighted by molar-refractivity contribution is 6.30. The quantitative estimate of drug-likeness (QED) is 0.833. The molecule has 0 radical (unpaired) electrons. The van der Waals surface area contributed by atoms with Crippen LogP contribution in [0.5, 0.6) is 0 Å². The van der Waals surface area contributed by atoms with Gasteiger partial charge in [-0.2, -0.15) is 0 Å². The molecule has 1 aromatic rings. The summed E-state index contributed by atoms with van der Waals surface area (Å²) in [6.45, 7) is 4.38. The minimum absolute atomic E-state index is 0.0972. The summed E-state index contributed by atoms with van der Waals surface area (Å²) in [6, 6.07) is 7.22. The molecule has 0 saturated heterocycles. The van der Waals surface area contributed by atoms with E-state index in [1.807, 2.05) is 26.0 Å². The van der Waals surface area contributed by atoms with Crippen LogP contribution >= 0.6 is 11.6 Å². The van der Waals surface area contributed by atoms with Gasteiger partial charge in [-0.3, -0.25) is 4.79 Å². The zero-order valence-corrected chi connectivity index (χ0v) is 11.6. The number of halogens is 1. The maximum atomic E-state index is 11.6. The first-order valence-electron chi connectivity index (χ1n) is 6.16. The molecule has 2 N–H and O–H groups in total. The van der Waals surface area contributed by atoms with Gasteiger partial charge >= 0.3 is 0 Å². The fourth-order valence-corrected chi connectivity index (χ4v) is 1.97. The molecule has 3 nitrogen and oxygen atoms in total. The van der Waals surface area contributed by atoms with Crippen molar-refractivity contribution < 1.29 is 9.90 Å². The van der Waals surface area contributed by atoms with E-state index in [2.05, 4.69) is 5.32 Å². The van der Waals surface area contributed by atoms with E-state index in [1.165, 1.54) is 0 Å². The first-order valence-corrected chi connectivity index (χ1v) is 6.54. The molecule has 100 valence electrons. The average molecular weight is 270 g/mol. The van der Waals surface area contributed by atoms with Crippen molar-refractivity contribution in [1.29, 1.82) is 0 Å². The fourth-order valence-electron chi connectivity index (χ4n) is 1.75. The molecule has 0 spiro atoms. The number of carbonyl (C=O) groups excluding carboxylic acids is 1. The Labute approximate surface area is 113 Å². The molecule has 0 aromatic heterocycles. The monoisotopic (exact) mass is 269 g/mol. The van der Waals surface area contributed by atoms with Gasteiger partial charge in [-0.15, -0.1) is 0 Å². The summed E-state index contributed by atoms with van der Waals surface area (Å²) in [7, 11) is 0. The summed E-state index contributed by atoms with van der Waals surface area (Å²) in [4.78, 5) is 11.6. The molecule has 1 aromatic carbocycles. The smallest absolute Gasteiger partial charge is 0.224 e. The van der Waals surface area contributed by atoms with E-state index in [0.29, 0.717) is 23.9 Å². The molecular formula is C14H20ClNO2. The van der Waals surface area contributed by atoms with Crippen molar-refractivity contribution in [3.05, 3.63) is 34.9 Å². The van der Waals surface area contributed by atoms with E-state index in [0.717, 1.165) is 5.56 Å². The maximum absolute atomic E-state index is 11.6. The first-order chi connectivity index (χ1) is 8.47. The third kappa shape index (κ3) is 6.03. The minimum Gasteiger partial charge on any atom is -0.391 e. The lowest BCUT2D eigenvalue weighted by Crippen LogP contribution is -2.33. The fraction of sp³-hybridized carbons (Fsp3) is 0.500. The van der Waals surface area contributed by atoms with Crippen LogP contribution in [0, 0.1) is 5.92 Å². The highest BCUT2D eigenvalue weighted by Crippen LogP contribution is 2.11. The number of nitrogens with one attached hydrogen (secondary N) is 1. The van der Waals surface area contributed by atoms with Gasteiger partial charge in [0.25, 0.3) is 0 Å². The SMILES string of the molecule is CC(C)CC(O)CNC(=O)Cc1cccc(Cl)c1. The van der Waals surface area contributed by atoms with E-state index in [1.54, 1.807) is 12.1 Å². The Morgan fingerprint density at radius 1 is 1.44 bits per heavy atom. The number of amides is 1. The summed E-state index contributed by atoms with van der Waals surface area (Å²) < 4.78 is 0. The molecule has 0 fully saturated rings. The predicted molar refractivity (Wildman–Crippen MR) is 73.6 cm³/mol. The van der Waals surface area contributed by atoms with Crippen molar-refractivity contribution >= 4 is 17.5 Å². The van der Waals surface area contributed by atoms with Crippen LogP contribution in [-0.2, 0) is 11.2 Å². The van der Waals surface area contributed by atoms with Crippen LogP contribution in [0.15, 0.2) is 24.3 Å². The summed E-state index contributed by atoms with van der Waals surface area (Å²) in [5, 5.41) is 13.0. The normalized spacial score (nSPS) is 12.5. The highest BCUT2D eigenvalue weighted by atomic mass is 35.5. The third-order valence-corrected chi connectivity index (χ3v) is 2.77. The van der Waals surface area contributed by atoms with E-state index < -0.39 is 6.10 Å². The zero-order valence-electron chi connectivity index (χ0n) is 10.8. The minimum atomic E-state index is -0.478. The van der Waals surface area contributed by atoms with Crippen molar-refractivity contribution in [3.63, 3.8) is 0 Å². The van der Waals surface area contributed by atoms with Gasteiger partial charge in [0.2, 0.25) is 5.91 Å². The number of aliphatic hydroxyl groups excluding tert-OH is 1. The predicted octanol–water partition coefficient (Wildman–Crippen LogP) is 2.41. The molecule has 0 heterocycles. The summed E-state index contributed by atoms with van der Waals surface area (Å²) in [5.41, 5.74) is 0.873. The van der Waals surface area contributed by atoms with Crippen molar-refractivity contribution in [3.8, 4) is 0 Å². The molecule has 4 heteroatoms. The van der Waals surface area contributed by atoms with E-state index in [-0.39, 0.29) is 12.3 Å². The second-order valence-corrected chi connectivity index (χ2v) is 5.33. The Bertz CT molecular complexity index is 393. The number of benzene rings is 1. The average Bonchev–Trinajstić information content (AvgIpc) is 2.25. The lowest BCUT2D eigenvalue weighted by atomic mass is 10.1. The second-order valence-electron chi connectivity index (χ2n) is 4.89. The van der Waals surface area contributed by atoms with Gasteiger partial charge in [0.05, 0.1) is 12.5 Å². The Kier molecular flexibility index (Phi) is 6.16. The first kappa shape index (κ1) is 15.0. The number of aliphatic hydroxyl groups is 1. The Hall–Kier alpha value is -1.06. The Morgan fingerprint density at radius 3 is 2.78 bits per heavy atom. The largest absolute Gasteiger partial charge is 0.391 e. The lowest BCUT2D eigenvalue weighted by Gasteiger charge is -2.13. The molecular weight excluding hydrogens is 250 g/mol. The number of carbonyl (C=O) groups is 1. The van der Waals surface area contributed by atoms with Crippen LogP contribution in [0.1, 0.15) is 25.8 Å². The molecule has 18 heavy (non-hydrogen) atoms. The number of hydrogen-bond acceptors (Lipinski definition) is 2. The number of rotatable bonds is 6. The van der Waals surface area contributed by atoms with Gasteiger partial charge in [-0.25, -0.2) is 0 Å². The molecule has 0 aliphatic carbocycles. The number of hydrogen-bond donors (Lipinski definition) is 2. The molecule has 0 aliphatic rings. The molecule has 0 bridgehead atoms. The topological polar surface area (TPSA) is 49.3 Å². The molecule has 1 atom stereocenters. The maximum Gasteiger partial charge on any atom is 0.224 e. The summed E-state index contributed by atoms with van der Waals surface area (Å²) >= 11 is 5.84.